The lowest BCUT2D eigenvalue weighted by Crippen LogP contribution is -2.53. The number of carbonyl (C=O) groups is 2. The van der Waals surface area contributed by atoms with Gasteiger partial charge in [-0.05, 0) is 24.7 Å². The highest BCUT2D eigenvalue weighted by atomic mass is 16.4. The van der Waals surface area contributed by atoms with E-state index in [4.69, 9.17) is 5.11 Å². The molecule has 2 heterocycles. The van der Waals surface area contributed by atoms with Crippen LogP contribution in [-0.2, 0) is 9.59 Å². The van der Waals surface area contributed by atoms with Crippen molar-refractivity contribution < 1.29 is 14.7 Å². The summed E-state index contributed by atoms with van der Waals surface area (Å²) in [5.74, 6) is 0.306. The maximum Gasteiger partial charge on any atom is 0.303 e. The summed E-state index contributed by atoms with van der Waals surface area (Å²) < 4.78 is 0. The number of carboxylic acid groups (broad SMARTS) is 1. The molecule has 0 aromatic rings. The first-order valence-corrected chi connectivity index (χ1v) is 6.76. The average molecular weight is 254 g/mol. The molecule has 5 nitrogen and oxygen atoms in total. The molecular weight excluding hydrogens is 232 g/mol. The summed E-state index contributed by atoms with van der Waals surface area (Å²) in [6, 6.07) is 0. The number of rotatable bonds is 4. The summed E-state index contributed by atoms with van der Waals surface area (Å²) in [7, 11) is 0. The second-order valence-corrected chi connectivity index (χ2v) is 5.75. The van der Waals surface area contributed by atoms with E-state index >= 15 is 0 Å². The highest BCUT2D eigenvalue weighted by Gasteiger charge is 2.31. The van der Waals surface area contributed by atoms with Gasteiger partial charge >= 0.3 is 5.97 Å². The van der Waals surface area contributed by atoms with Gasteiger partial charge in [0.1, 0.15) is 0 Å². The molecule has 5 heteroatoms. The van der Waals surface area contributed by atoms with Crippen LogP contribution in [0.4, 0.5) is 0 Å². The van der Waals surface area contributed by atoms with E-state index in [9.17, 15) is 9.59 Å². The molecule has 0 aromatic heterocycles. The van der Waals surface area contributed by atoms with Crippen LogP contribution in [0.25, 0.3) is 0 Å². The second kappa shape index (κ2) is 5.69. The summed E-state index contributed by atoms with van der Waals surface area (Å²) in [5.41, 5.74) is 0. The first-order valence-electron chi connectivity index (χ1n) is 6.76. The Morgan fingerprint density at radius 1 is 1.28 bits per heavy atom. The van der Waals surface area contributed by atoms with Crippen molar-refractivity contribution in [3.8, 4) is 0 Å². The van der Waals surface area contributed by atoms with Gasteiger partial charge < -0.3 is 10.0 Å². The van der Waals surface area contributed by atoms with Gasteiger partial charge in [-0.3, -0.25) is 14.5 Å². The van der Waals surface area contributed by atoms with Gasteiger partial charge in [0.15, 0.2) is 0 Å². The van der Waals surface area contributed by atoms with Crippen LogP contribution in [0.1, 0.15) is 26.2 Å². The lowest BCUT2D eigenvalue weighted by atomic mass is 9.96. The number of likely N-dealkylation sites (tertiary alicyclic amines) is 2. The molecule has 0 aliphatic carbocycles. The highest BCUT2D eigenvalue weighted by molar-refractivity contribution is 5.78. The Balaban J connectivity index is 1.68. The summed E-state index contributed by atoms with van der Waals surface area (Å²) in [4.78, 5) is 26.6. The van der Waals surface area contributed by atoms with Crippen LogP contribution in [0.3, 0.4) is 0 Å². The van der Waals surface area contributed by atoms with Crippen LogP contribution >= 0.6 is 0 Å². The molecule has 2 saturated heterocycles. The van der Waals surface area contributed by atoms with E-state index in [2.05, 4.69) is 11.8 Å². The summed E-state index contributed by atoms with van der Waals surface area (Å²) in [6.45, 7) is 5.92. The molecule has 1 atom stereocenters. The number of carboxylic acids is 1. The van der Waals surface area contributed by atoms with Gasteiger partial charge in [0, 0.05) is 26.2 Å². The molecule has 0 saturated carbocycles. The molecule has 102 valence electrons. The standard InChI is InChI=1S/C13H22N2O3/c1-10-3-2-4-15(6-10)12(16)9-14-7-11(8-14)5-13(17)18/h10-11H,2-9H2,1H3,(H,17,18). The number of aliphatic carboxylic acids is 1. The minimum atomic E-state index is -0.740. The summed E-state index contributed by atoms with van der Waals surface area (Å²) in [5, 5.41) is 8.66. The molecule has 1 unspecified atom stereocenters. The fourth-order valence-corrected chi connectivity index (χ4v) is 2.89. The van der Waals surface area contributed by atoms with E-state index in [1.807, 2.05) is 4.90 Å². The van der Waals surface area contributed by atoms with E-state index in [0.29, 0.717) is 12.5 Å². The number of nitrogens with zero attached hydrogens (tertiary/aromatic N) is 2. The van der Waals surface area contributed by atoms with Gasteiger partial charge in [0.05, 0.1) is 13.0 Å². The van der Waals surface area contributed by atoms with Crippen LogP contribution in [0.2, 0.25) is 0 Å². The molecule has 0 aromatic carbocycles. The van der Waals surface area contributed by atoms with Gasteiger partial charge in [-0.25, -0.2) is 0 Å². The lowest BCUT2D eigenvalue weighted by molar-refractivity contribution is -0.140. The Kier molecular flexibility index (Phi) is 4.22. The third-order valence-corrected chi connectivity index (χ3v) is 3.86. The number of hydrogen-bond acceptors (Lipinski definition) is 3. The zero-order valence-corrected chi connectivity index (χ0v) is 11.0. The Labute approximate surface area is 108 Å². The third kappa shape index (κ3) is 3.45. The summed E-state index contributed by atoms with van der Waals surface area (Å²) >= 11 is 0. The van der Waals surface area contributed by atoms with Gasteiger partial charge in [-0.1, -0.05) is 6.92 Å². The van der Waals surface area contributed by atoms with Gasteiger partial charge in [-0.15, -0.1) is 0 Å². The first-order chi connectivity index (χ1) is 8.54. The maximum absolute atomic E-state index is 12.0. The van der Waals surface area contributed by atoms with Crippen molar-refractivity contribution in [3.05, 3.63) is 0 Å². The van der Waals surface area contributed by atoms with Crippen molar-refractivity contribution in [2.24, 2.45) is 11.8 Å². The second-order valence-electron chi connectivity index (χ2n) is 5.75. The van der Waals surface area contributed by atoms with Crippen molar-refractivity contribution in [3.63, 3.8) is 0 Å². The van der Waals surface area contributed by atoms with Crippen LogP contribution < -0.4 is 0 Å². The predicted octanol–water partition coefficient (Wildman–Crippen LogP) is 0.651. The number of amides is 1. The van der Waals surface area contributed by atoms with Crippen LogP contribution in [0, 0.1) is 11.8 Å². The highest BCUT2D eigenvalue weighted by Crippen LogP contribution is 2.20. The van der Waals surface area contributed by atoms with E-state index in [-0.39, 0.29) is 18.2 Å². The Morgan fingerprint density at radius 3 is 2.61 bits per heavy atom. The molecule has 0 radical (unpaired) electrons. The minimum Gasteiger partial charge on any atom is -0.481 e. The molecule has 1 N–H and O–H groups in total. The van der Waals surface area contributed by atoms with Crippen molar-refractivity contribution in [1.29, 1.82) is 0 Å². The molecule has 2 rings (SSSR count). The van der Waals surface area contributed by atoms with E-state index in [0.717, 1.165) is 32.6 Å². The predicted molar refractivity (Wildman–Crippen MR) is 67.2 cm³/mol. The molecule has 2 aliphatic rings. The third-order valence-electron chi connectivity index (χ3n) is 3.86. The molecule has 0 bridgehead atoms. The Bertz CT molecular complexity index is 326. The van der Waals surface area contributed by atoms with E-state index < -0.39 is 5.97 Å². The number of carbonyl (C=O) groups excluding carboxylic acids is 1. The Morgan fingerprint density at radius 2 is 2.00 bits per heavy atom. The Hall–Kier alpha value is -1.10. The largest absolute Gasteiger partial charge is 0.481 e. The molecule has 2 aliphatic heterocycles. The molecular formula is C13H22N2O3. The number of piperidine rings is 1. The van der Waals surface area contributed by atoms with Crippen molar-refractivity contribution >= 4 is 11.9 Å². The maximum atomic E-state index is 12.0. The average Bonchev–Trinajstić information content (AvgIpc) is 2.25. The van der Waals surface area contributed by atoms with Crippen molar-refractivity contribution in [1.82, 2.24) is 9.80 Å². The zero-order valence-electron chi connectivity index (χ0n) is 11.0. The SMILES string of the molecule is CC1CCCN(C(=O)CN2CC(CC(=O)O)C2)C1. The van der Waals surface area contributed by atoms with Gasteiger partial charge in [0.25, 0.3) is 0 Å². The lowest BCUT2D eigenvalue weighted by Gasteiger charge is -2.40. The minimum absolute atomic E-state index is 0.204. The quantitative estimate of drug-likeness (QED) is 0.800. The summed E-state index contributed by atoms with van der Waals surface area (Å²) in [6.07, 6.45) is 2.55. The normalized spacial score (nSPS) is 25.8. The molecule has 1 amide bonds. The fraction of sp³-hybridized carbons (Fsp3) is 0.846. The number of hydrogen-bond donors (Lipinski definition) is 1. The van der Waals surface area contributed by atoms with Crippen LogP contribution in [0.15, 0.2) is 0 Å². The fourth-order valence-electron chi connectivity index (χ4n) is 2.89. The van der Waals surface area contributed by atoms with E-state index in [1.54, 1.807) is 0 Å². The molecule has 2 fully saturated rings. The van der Waals surface area contributed by atoms with Gasteiger partial charge in [0.2, 0.25) is 5.91 Å². The van der Waals surface area contributed by atoms with Gasteiger partial charge in [-0.2, -0.15) is 0 Å². The zero-order chi connectivity index (χ0) is 13.1. The first kappa shape index (κ1) is 13.3. The van der Waals surface area contributed by atoms with Crippen LogP contribution in [-0.4, -0.2) is 59.5 Å². The topological polar surface area (TPSA) is 60.9 Å². The molecule has 18 heavy (non-hydrogen) atoms. The van der Waals surface area contributed by atoms with E-state index in [1.165, 1.54) is 6.42 Å². The monoisotopic (exact) mass is 254 g/mol. The van der Waals surface area contributed by atoms with Crippen molar-refractivity contribution in [2.75, 3.05) is 32.7 Å². The molecule has 0 spiro atoms. The van der Waals surface area contributed by atoms with Crippen molar-refractivity contribution in [2.45, 2.75) is 26.2 Å². The smallest absolute Gasteiger partial charge is 0.303 e. The van der Waals surface area contributed by atoms with Crippen LogP contribution in [0.5, 0.6) is 0 Å².